The van der Waals surface area contributed by atoms with Gasteiger partial charge in [-0.25, -0.2) is 0 Å². The molecule has 0 spiro atoms. The molecular formula is C30H33N. The average molecular weight is 408 g/mol. The van der Waals surface area contributed by atoms with E-state index in [4.69, 9.17) is 0 Å². The van der Waals surface area contributed by atoms with Crippen LogP contribution in [0.3, 0.4) is 0 Å². The fourth-order valence-electron chi connectivity index (χ4n) is 4.56. The van der Waals surface area contributed by atoms with Gasteiger partial charge in [0.25, 0.3) is 0 Å². The molecule has 3 aromatic rings. The van der Waals surface area contributed by atoms with Gasteiger partial charge in [-0.1, -0.05) is 68.6 Å². The van der Waals surface area contributed by atoms with Crippen LogP contribution in [0.25, 0.3) is 16.3 Å². The molecule has 3 aromatic carbocycles. The number of fused-ring (bicyclic) bond motifs is 1. The molecule has 1 aliphatic carbocycles. The van der Waals surface area contributed by atoms with Crippen molar-refractivity contribution < 1.29 is 0 Å². The van der Waals surface area contributed by atoms with E-state index >= 15 is 0 Å². The molecule has 0 atom stereocenters. The number of aryl methyl sites for hydroxylation is 1. The standard InChI is InChI=1S/C30H33N/c1-7-21(4)28-19-29-25(17-22(28)5)9-8-10-26(29)18-24-11-13-27(14-12-24)31-23(6)30(15-16-30)20(2)3/h8-14,17,19,31H,2,4,6-7,15-16,18H2,1,3,5H3. The van der Waals surface area contributed by atoms with Crippen LogP contribution in [0.5, 0.6) is 0 Å². The van der Waals surface area contributed by atoms with Crippen molar-refractivity contribution in [2.24, 2.45) is 5.41 Å². The Morgan fingerprint density at radius 3 is 2.32 bits per heavy atom. The van der Waals surface area contributed by atoms with E-state index in [2.05, 4.69) is 100 Å². The molecule has 0 unspecified atom stereocenters. The highest BCUT2D eigenvalue weighted by molar-refractivity contribution is 5.90. The molecule has 1 saturated carbocycles. The summed E-state index contributed by atoms with van der Waals surface area (Å²) in [5.41, 5.74) is 9.92. The Morgan fingerprint density at radius 2 is 1.71 bits per heavy atom. The second kappa shape index (κ2) is 8.23. The molecule has 0 saturated heterocycles. The van der Waals surface area contributed by atoms with Gasteiger partial charge < -0.3 is 5.32 Å². The Kier molecular flexibility index (Phi) is 5.62. The maximum atomic E-state index is 4.29. The molecule has 0 amide bonds. The van der Waals surface area contributed by atoms with E-state index in [1.54, 1.807) is 0 Å². The third-order valence-electron chi connectivity index (χ3n) is 6.91. The second-order valence-electron chi connectivity index (χ2n) is 9.10. The summed E-state index contributed by atoms with van der Waals surface area (Å²) in [5.74, 6) is 0. The quantitative estimate of drug-likeness (QED) is 0.369. The van der Waals surface area contributed by atoms with Crippen molar-refractivity contribution in [2.75, 3.05) is 5.32 Å². The molecule has 1 fully saturated rings. The van der Waals surface area contributed by atoms with Crippen molar-refractivity contribution in [3.63, 3.8) is 0 Å². The van der Waals surface area contributed by atoms with Crippen molar-refractivity contribution in [1.29, 1.82) is 0 Å². The van der Waals surface area contributed by atoms with Gasteiger partial charge in [-0.05, 0) is 96.3 Å². The van der Waals surface area contributed by atoms with Crippen LogP contribution in [-0.2, 0) is 6.42 Å². The van der Waals surface area contributed by atoms with E-state index in [1.807, 2.05) is 0 Å². The van der Waals surface area contributed by atoms with Crippen LogP contribution < -0.4 is 5.32 Å². The summed E-state index contributed by atoms with van der Waals surface area (Å²) in [6.07, 6.45) is 4.19. The molecule has 31 heavy (non-hydrogen) atoms. The zero-order chi connectivity index (χ0) is 22.2. The maximum absolute atomic E-state index is 4.29. The summed E-state index contributed by atoms with van der Waals surface area (Å²) in [5, 5.41) is 6.14. The van der Waals surface area contributed by atoms with Gasteiger partial charge in [0.05, 0.1) is 0 Å². The minimum Gasteiger partial charge on any atom is -0.359 e. The van der Waals surface area contributed by atoms with E-state index in [1.165, 1.54) is 44.2 Å². The molecular weight excluding hydrogens is 374 g/mol. The number of hydrogen-bond donors (Lipinski definition) is 1. The molecule has 4 rings (SSSR count). The molecule has 0 bridgehead atoms. The lowest BCUT2D eigenvalue weighted by Gasteiger charge is -2.20. The molecule has 1 N–H and O–H groups in total. The SMILES string of the molecule is C=C(CC)c1cc2c(Cc3ccc(NC(=C)C4(C(=C)C)CC4)cc3)cccc2cc1C. The number of hydrogen-bond acceptors (Lipinski definition) is 1. The number of nitrogens with one attached hydrogen (secondary N) is 1. The summed E-state index contributed by atoms with van der Waals surface area (Å²) < 4.78 is 0. The van der Waals surface area contributed by atoms with Crippen LogP contribution in [0, 0.1) is 12.3 Å². The van der Waals surface area contributed by atoms with Gasteiger partial charge in [0.15, 0.2) is 0 Å². The summed E-state index contributed by atoms with van der Waals surface area (Å²) in [6, 6.07) is 20.0. The first-order valence-corrected chi connectivity index (χ1v) is 11.3. The lowest BCUT2D eigenvalue weighted by Crippen LogP contribution is -2.12. The molecule has 158 valence electrons. The van der Waals surface area contributed by atoms with Crippen LogP contribution in [-0.4, -0.2) is 0 Å². The lowest BCUT2D eigenvalue weighted by molar-refractivity contribution is 0.736. The zero-order valence-corrected chi connectivity index (χ0v) is 19.1. The first-order valence-electron chi connectivity index (χ1n) is 11.3. The molecule has 1 nitrogen and oxygen atoms in total. The monoisotopic (exact) mass is 407 g/mol. The minimum atomic E-state index is 0.0972. The highest BCUT2D eigenvalue weighted by atomic mass is 14.9. The lowest BCUT2D eigenvalue weighted by atomic mass is 9.92. The van der Waals surface area contributed by atoms with Crippen molar-refractivity contribution in [3.05, 3.63) is 108 Å². The largest absolute Gasteiger partial charge is 0.359 e. The van der Waals surface area contributed by atoms with Gasteiger partial charge in [0.2, 0.25) is 0 Å². The summed E-state index contributed by atoms with van der Waals surface area (Å²) >= 11 is 0. The first kappa shape index (κ1) is 21.2. The number of anilines is 1. The van der Waals surface area contributed by atoms with E-state index < -0.39 is 0 Å². The summed E-state index contributed by atoms with van der Waals surface area (Å²) in [7, 11) is 0. The normalized spacial score (nSPS) is 14.3. The van der Waals surface area contributed by atoms with Gasteiger partial charge in [-0.15, -0.1) is 0 Å². The molecule has 0 aliphatic heterocycles. The molecule has 0 radical (unpaired) electrons. The Labute approximate surface area is 187 Å². The van der Waals surface area contributed by atoms with Crippen molar-refractivity contribution in [3.8, 4) is 0 Å². The third-order valence-corrected chi connectivity index (χ3v) is 6.91. The number of rotatable bonds is 8. The van der Waals surface area contributed by atoms with E-state index in [9.17, 15) is 0 Å². The smallest absolute Gasteiger partial charge is 0.0382 e. The topological polar surface area (TPSA) is 12.0 Å². The van der Waals surface area contributed by atoms with Crippen molar-refractivity contribution in [2.45, 2.75) is 46.5 Å². The van der Waals surface area contributed by atoms with E-state index in [-0.39, 0.29) is 5.41 Å². The van der Waals surface area contributed by atoms with Crippen molar-refractivity contribution in [1.82, 2.24) is 0 Å². The van der Waals surface area contributed by atoms with Gasteiger partial charge in [0, 0.05) is 16.8 Å². The Bertz CT molecular complexity index is 1170. The highest BCUT2D eigenvalue weighted by Crippen LogP contribution is 2.56. The van der Waals surface area contributed by atoms with Gasteiger partial charge >= 0.3 is 0 Å². The Balaban J connectivity index is 1.56. The molecule has 0 heterocycles. The Hall–Kier alpha value is -3.06. The van der Waals surface area contributed by atoms with Gasteiger partial charge in [-0.3, -0.25) is 0 Å². The fraction of sp³-hybridized carbons (Fsp3) is 0.267. The average Bonchev–Trinajstić information content (AvgIpc) is 3.57. The minimum absolute atomic E-state index is 0.0972. The number of allylic oxidation sites excluding steroid dienone is 2. The summed E-state index contributed by atoms with van der Waals surface area (Å²) in [6.45, 7) is 19.2. The molecule has 1 aliphatic rings. The van der Waals surface area contributed by atoms with Crippen LogP contribution in [0.4, 0.5) is 5.69 Å². The Morgan fingerprint density at radius 1 is 1.00 bits per heavy atom. The van der Waals surface area contributed by atoms with Crippen LogP contribution in [0.15, 0.2) is 85.6 Å². The highest BCUT2D eigenvalue weighted by Gasteiger charge is 2.46. The van der Waals surface area contributed by atoms with E-state index in [0.29, 0.717) is 0 Å². The predicted octanol–water partition coefficient (Wildman–Crippen LogP) is 8.44. The van der Waals surface area contributed by atoms with Crippen LogP contribution in [0.1, 0.15) is 55.4 Å². The predicted molar refractivity (Wildman–Crippen MR) is 137 cm³/mol. The van der Waals surface area contributed by atoms with E-state index in [0.717, 1.165) is 37.1 Å². The van der Waals surface area contributed by atoms with Crippen LogP contribution in [0.2, 0.25) is 0 Å². The van der Waals surface area contributed by atoms with Gasteiger partial charge in [0.1, 0.15) is 0 Å². The van der Waals surface area contributed by atoms with Gasteiger partial charge in [-0.2, -0.15) is 0 Å². The van der Waals surface area contributed by atoms with Crippen LogP contribution >= 0.6 is 0 Å². The zero-order valence-electron chi connectivity index (χ0n) is 19.1. The second-order valence-corrected chi connectivity index (χ2v) is 9.10. The number of benzene rings is 3. The maximum Gasteiger partial charge on any atom is 0.0382 e. The summed E-state index contributed by atoms with van der Waals surface area (Å²) in [4.78, 5) is 0. The third kappa shape index (κ3) is 4.10. The fourth-order valence-corrected chi connectivity index (χ4v) is 4.56. The molecule has 1 heteroatoms. The molecule has 0 aromatic heterocycles. The van der Waals surface area contributed by atoms with Crippen molar-refractivity contribution >= 4 is 22.0 Å². The first-order chi connectivity index (χ1) is 14.8.